The van der Waals surface area contributed by atoms with Gasteiger partial charge in [0.05, 0.1) is 42.7 Å². The number of morpholine rings is 1. The summed E-state index contributed by atoms with van der Waals surface area (Å²) in [7, 11) is 1.57. The van der Waals surface area contributed by atoms with E-state index in [1.165, 1.54) is 11.0 Å². The Morgan fingerprint density at radius 3 is 2.53 bits per heavy atom. The quantitative estimate of drug-likeness (QED) is 0.141. The van der Waals surface area contributed by atoms with E-state index in [0.717, 1.165) is 41.1 Å². The van der Waals surface area contributed by atoms with Crippen molar-refractivity contribution >= 4 is 69.3 Å². The Hall–Kier alpha value is -5.49. The average Bonchev–Trinajstić information content (AvgIpc) is 3.18. The fourth-order valence-electron chi connectivity index (χ4n) is 5.81. The van der Waals surface area contributed by atoms with E-state index in [2.05, 4.69) is 26.6 Å². The minimum Gasteiger partial charge on any atom is -0.487 e. The minimum absolute atomic E-state index is 0.0352. The van der Waals surface area contributed by atoms with Crippen LogP contribution in [0.25, 0.3) is 17.0 Å². The summed E-state index contributed by atoms with van der Waals surface area (Å²) in [5.74, 6) is -0.511. The van der Waals surface area contributed by atoms with E-state index in [1.807, 2.05) is 43.3 Å². The van der Waals surface area contributed by atoms with Crippen molar-refractivity contribution in [1.82, 2.24) is 20.6 Å². The van der Waals surface area contributed by atoms with Crippen LogP contribution in [0.2, 0.25) is 10.0 Å². The third kappa shape index (κ3) is 9.31. The molecule has 2 N–H and O–H groups in total. The number of anilines is 2. The molecule has 11 nitrogen and oxygen atoms in total. The fraction of sp³-hybridized carbons (Fsp3) is 0.225. The highest BCUT2D eigenvalue weighted by Crippen LogP contribution is 2.37. The summed E-state index contributed by atoms with van der Waals surface area (Å²) in [6, 6.07) is 23.5. The number of halogens is 2. The normalized spacial score (nSPS) is 12.9. The summed E-state index contributed by atoms with van der Waals surface area (Å²) >= 11 is 13.4. The van der Waals surface area contributed by atoms with Crippen LogP contribution in [-0.4, -0.2) is 67.6 Å². The van der Waals surface area contributed by atoms with Crippen molar-refractivity contribution in [2.24, 2.45) is 0 Å². The standard InChI is InChI=1S/C40H38Cl2N6O5/c1-26-22-34(48-18-20-52-21-19-48)30-7-5-8-35(39(30)46-26)53-25-31-32(41)14-15-33(38(31)42)47(2)37(50)24-44-36(49)16-11-27-9-12-28(13-10-27)40(51)45-23-29-6-3-4-17-43-29/h3-17,22H,18-21,23-25H2,1-2H3,(H,44,49)(H,45,51). The summed E-state index contributed by atoms with van der Waals surface area (Å²) in [4.78, 5) is 50.8. The molecule has 1 aliphatic rings. The molecule has 3 amide bonds. The van der Waals surface area contributed by atoms with Crippen molar-refractivity contribution in [3.05, 3.63) is 129 Å². The molecular formula is C40H38Cl2N6O5. The highest BCUT2D eigenvalue weighted by atomic mass is 35.5. The lowest BCUT2D eigenvalue weighted by Gasteiger charge is -2.30. The highest BCUT2D eigenvalue weighted by molar-refractivity contribution is 6.38. The van der Waals surface area contributed by atoms with E-state index in [9.17, 15) is 14.4 Å². The van der Waals surface area contributed by atoms with Crippen molar-refractivity contribution in [3.63, 3.8) is 0 Å². The number of rotatable bonds is 12. The first-order valence-corrected chi connectivity index (χ1v) is 17.8. The number of carbonyl (C=O) groups is 3. The zero-order valence-electron chi connectivity index (χ0n) is 29.3. The lowest BCUT2D eigenvalue weighted by atomic mass is 10.1. The van der Waals surface area contributed by atoms with Crippen LogP contribution < -0.4 is 25.2 Å². The minimum atomic E-state index is -0.462. The van der Waals surface area contributed by atoms with E-state index >= 15 is 0 Å². The van der Waals surface area contributed by atoms with E-state index < -0.39 is 11.8 Å². The molecule has 6 rings (SSSR count). The Balaban J connectivity index is 1.05. The van der Waals surface area contributed by atoms with Crippen LogP contribution in [0.4, 0.5) is 11.4 Å². The monoisotopic (exact) mass is 752 g/mol. The van der Waals surface area contributed by atoms with Gasteiger partial charge in [-0.05, 0) is 67.1 Å². The number of fused-ring (bicyclic) bond motifs is 1. The first-order chi connectivity index (χ1) is 25.7. The smallest absolute Gasteiger partial charge is 0.251 e. The van der Waals surface area contributed by atoms with Gasteiger partial charge in [-0.25, -0.2) is 4.98 Å². The first-order valence-electron chi connectivity index (χ1n) is 17.0. The summed E-state index contributed by atoms with van der Waals surface area (Å²) in [6.07, 6.45) is 4.59. The van der Waals surface area contributed by atoms with Crippen molar-refractivity contribution in [2.75, 3.05) is 49.7 Å². The Morgan fingerprint density at radius 2 is 1.77 bits per heavy atom. The van der Waals surface area contributed by atoms with Gasteiger partial charge in [-0.3, -0.25) is 19.4 Å². The SMILES string of the molecule is Cc1cc(N2CCOCC2)c2cccc(OCc3c(Cl)ccc(N(C)C(=O)CNC(=O)C=Cc4ccc(C(=O)NCc5ccccn5)cc4)c3Cl)c2n1. The molecule has 3 aromatic carbocycles. The number of aryl methyl sites for hydroxylation is 1. The van der Waals surface area contributed by atoms with E-state index in [-0.39, 0.29) is 24.1 Å². The van der Waals surface area contributed by atoms with Crippen LogP contribution in [-0.2, 0) is 27.5 Å². The van der Waals surface area contributed by atoms with E-state index in [4.69, 9.17) is 37.7 Å². The van der Waals surface area contributed by atoms with Crippen molar-refractivity contribution in [3.8, 4) is 5.75 Å². The molecule has 0 spiro atoms. The molecule has 0 atom stereocenters. The van der Waals surface area contributed by atoms with Gasteiger partial charge in [-0.15, -0.1) is 0 Å². The Labute approximate surface area is 317 Å². The molecule has 0 saturated carbocycles. The molecule has 3 heterocycles. The van der Waals surface area contributed by atoms with Gasteiger partial charge in [0.25, 0.3) is 5.91 Å². The zero-order valence-corrected chi connectivity index (χ0v) is 30.8. The maximum Gasteiger partial charge on any atom is 0.251 e. The number of hydrogen-bond donors (Lipinski definition) is 2. The molecule has 0 aliphatic carbocycles. The van der Waals surface area contributed by atoms with Gasteiger partial charge in [0.1, 0.15) is 17.9 Å². The summed E-state index contributed by atoms with van der Waals surface area (Å²) in [6.45, 7) is 4.95. The van der Waals surface area contributed by atoms with Gasteiger partial charge in [0.2, 0.25) is 11.8 Å². The number of carbonyl (C=O) groups excluding carboxylic acids is 3. The van der Waals surface area contributed by atoms with Crippen LogP contribution in [0.1, 0.15) is 32.9 Å². The number of ether oxygens (including phenoxy) is 2. The lowest BCUT2D eigenvalue weighted by Crippen LogP contribution is -2.37. The number of nitrogens with one attached hydrogen (secondary N) is 2. The van der Waals surface area contributed by atoms with E-state index in [1.54, 1.807) is 55.7 Å². The Bertz CT molecular complexity index is 2140. The predicted octanol–water partition coefficient (Wildman–Crippen LogP) is 6.38. The lowest BCUT2D eigenvalue weighted by molar-refractivity contribution is -0.122. The fourth-order valence-corrected chi connectivity index (χ4v) is 6.41. The molecule has 0 radical (unpaired) electrons. The second kappa shape index (κ2) is 17.4. The third-order valence-electron chi connectivity index (χ3n) is 8.70. The van der Waals surface area contributed by atoms with Crippen LogP contribution in [0, 0.1) is 6.92 Å². The second-order valence-corrected chi connectivity index (χ2v) is 13.1. The molecule has 1 aliphatic heterocycles. The number of para-hydroxylation sites is 1. The summed E-state index contributed by atoms with van der Waals surface area (Å²) < 4.78 is 11.8. The van der Waals surface area contributed by atoms with Crippen molar-refractivity contribution in [2.45, 2.75) is 20.1 Å². The first kappa shape index (κ1) is 37.3. The number of nitrogens with zero attached hydrogens (tertiary/aromatic N) is 4. The van der Waals surface area contributed by atoms with Crippen LogP contribution in [0.3, 0.4) is 0 Å². The van der Waals surface area contributed by atoms with Gasteiger partial charge >= 0.3 is 0 Å². The molecule has 13 heteroatoms. The number of pyridine rings is 2. The number of likely N-dealkylation sites (N-methyl/N-ethyl adjacent to an activating group) is 1. The maximum atomic E-state index is 13.1. The summed E-state index contributed by atoms with van der Waals surface area (Å²) in [5.41, 5.74) is 5.53. The van der Waals surface area contributed by atoms with Crippen LogP contribution in [0.15, 0.2) is 91.1 Å². The molecule has 5 aromatic rings. The Morgan fingerprint density at radius 1 is 0.981 bits per heavy atom. The molecule has 1 fully saturated rings. The molecule has 2 aromatic heterocycles. The molecule has 1 saturated heterocycles. The highest BCUT2D eigenvalue weighted by Gasteiger charge is 2.21. The van der Waals surface area contributed by atoms with Gasteiger partial charge in [-0.1, -0.05) is 53.5 Å². The maximum absolute atomic E-state index is 13.1. The van der Waals surface area contributed by atoms with Gasteiger partial charge in [0, 0.05) is 65.3 Å². The number of hydrogen-bond acceptors (Lipinski definition) is 8. The number of benzene rings is 3. The molecular weight excluding hydrogens is 715 g/mol. The molecule has 0 bridgehead atoms. The van der Waals surface area contributed by atoms with Gasteiger partial charge in [0.15, 0.2) is 0 Å². The van der Waals surface area contributed by atoms with Crippen LogP contribution >= 0.6 is 23.2 Å². The third-order valence-corrected chi connectivity index (χ3v) is 9.48. The van der Waals surface area contributed by atoms with Gasteiger partial charge < -0.3 is 29.9 Å². The average molecular weight is 754 g/mol. The number of amides is 3. The van der Waals surface area contributed by atoms with Crippen molar-refractivity contribution < 1.29 is 23.9 Å². The van der Waals surface area contributed by atoms with E-state index in [0.29, 0.717) is 52.9 Å². The topological polar surface area (TPSA) is 126 Å². The summed E-state index contributed by atoms with van der Waals surface area (Å²) in [5, 5.41) is 7.05. The van der Waals surface area contributed by atoms with Crippen LogP contribution in [0.5, 0.6) is 5.75 Å². The van der Waals surface area contributed by atoms with Gasteiger partial charge in [-0.2, -0.15) is 0 Å². The predicted molar refractivity (Wildman–Crippen MR) is 208 cm³/mol. The van der Waals surface area contributed by atoms with Crippen molar-refractivity contribution in [1.29, 1.82) is 0 Å². The second-order valence-electron chi connectivity index (χ2n) is 12.3. The molecule has 0 unspecified atom stereocenters. The molecule has 53 heavy (non-hydrogen) atoms. The zero-order chi connectivity index (χ0) is 37.3. The number of aromatic nitrogens is 2. The molecule has 272 valence electrons. The Kier molecular flexibility index (Phi) is 12.2. The largest absolute Gasteiger partial charge is 0.487 e.